The smallest absolute Gasteiger partial charge is 0.251 e. The maximum Gasteiger partial charge on any atom is 0.251 e. The fraction of sp³-hybridized carbons (Fsp3) is 0.375. The number of rotatable bonds is 5. The van der Waals surface area contributed by atoms with Crippen LogP contribution in [0.1, 0.15) is 41.9 Å². The fourth-order valence-corrected chi connectivity index (χ4v) is 2.68. The van der Waals surface area contributed by atoms with Crippen molar-refractivity contribution in [2.24, 2.45) is 0 Å². The minimum atomic E-state index is -0.0623. The van der Waals surface area contributed by atoms with E-state index >= 15 is 0 Å². The summed E-state index contributed by atoms with van der Waals surface area (Å²) in [4.78, 5) is 19.3. The van der Waals surface area contributed by atoms with Gasteiger partial charge in [0, 0.05) is 18.5 Å². The van der Waals surface area contributed by atoms with E-state index in [0.29, 0.717) is 6.54 Å². The Morgan fingerprint density at radius 3 is 3.05 bits per heavy atom. The summed E-state index contributed by atoms with van der Waals surface area (Å²) in [5.41, 5.74) is 3.40. The molecule has 1 aromatic heterocycles. The van der Waals surface area contributed by atoms with E-state index in [4.69, 9.17) is 0 Å². The molecule has 0 saturated carbocycles. The molecule has 0 radical (unpaired) electrons. The van der Waals surface area contributed by atoms with Crippen LogP contribution in [0.4, 0.5) is 0 Å². The number of hydrogen-bond donors (Lipinski definition) is 2. The highest BCUT2D eigenvalue weighted by Gasteiger charge is 2.29. The van der Waals surface area contributed by atoms with Crippen LogP contribution in [0.25, 0.3) is 0 Å². The molecule has 0 fully saturated rings. The summed E-state index contributed by atoms with van der Waals surface area (Å²) in [5, 5.41) is 3.28. The molecule has 1 aliphatic rings. The number of benzene rings is 1. The van der Waals surface area contributed by atoms with E-state index < -0.39 is 0 Å². The zero-order chi connectivity index (χ0) is 13.9. The van der Waals surface area contributed by atoms with Crippen LogP contribution in [0.3, 0.4) is 0 Å². The largest absolute Gasteiger partial charge is 0.311 e. The molecule has 1 heterocycles. The van der Waals surface area contributed by atoms with Gasteiger partial charge in [-0.15, -0.1) is 0 Å². The van der Waals surface area contributed by atoms with E-state index in [1.807, 2.05) is 6.07 Å². The molecule has 0 spiro atoms. The number of H-pyrrole nitrogens is 1. The second kappa shape index (κ2) is 5.59. The molecule has 4 nitrogen and oxygen atoms in total. The lowest BCUT2D eigenvalue weighted by atomic mass is 9.77. The van der Waals surface area contributed by atoms with Gasteiger partial charge in [-0.25, -0.2) is 4.98 Å². The van der Waals surface area contributed by atoms with Gasteiger partial charge < -0.3 is 10.3 Å². The van der Waals surface area contributed by atoms with Crippen molar-refractivity contribution in [3.05, 3.63) is 63.3 Å². The van der Waals surface area contributed by atoms with E-state index in [0.717, 1.165) is 30.9 Å². The Hall–Kier alpha value is -1.94. The topological polar surface area (TPSA) is 57.8 Å². The van der Waals surface area contributed by atoms with Gasteiger partial charge in [-0.2, -0.15) is 0 Å². The lowest BCUT2D eigenvalue weighted by Gasteiger charge is -2.29. The monoisotopic (exact) mass is 269 g/mol. The predicted octanol–water partition coefficient (Wildman–Crippen LogP) is 1.96. The Kier molecular flexibility index (Phi) is 3.65. The predicted molar refractivity (Wildman–Crippen MR) is 78.8 cm³/mol. The quantitative estimate of drug-likeness (QED) is 0.816. The van der Waals surface area contributed by atoms with Crippen LogP contribution in [0.2, 0.25) is 0 Å². The lowest BCUT2D eigenvalue weighted by Crippen LogP contribution is -2.25. The lowest BCUT2D eigenvalue weighted by molar-refractivity contribution is 0.626. The summed E-state index contributed by atoms with van der Waals surface area (Å²) in [7, 11) is 0. The van der Waals surface area contributed by atoms with Gasteiger partial charge in [0.2, 0.25) is 0 Å². The molecule has 4 heteroatoms. The Labute approximate surface area is 118 Å². The zero-order valence-electron chi connectivity index (χ0n) is 11.6. The van der Waals surface area contributed by atoms with Crippen LogP contribution in [-0.4, -0.2) is 16.5 Å². The standard InChI is InChI=1S/C16H19N3O/c1-2-7-17-10-12-9-15(20)19-16(18-12)14-8-11-5-3-4-6-13(11)14/h3-6,9,14,17H,2,7-8,10H2,1H3,(H,18,19,20). The maximum atomic E-state index is 11.8. The molecule has 1 aliphatic carbocycles. The molecule has 20 heavy (non-hydrogen) atoms. The number of hydrogen-bond acceptors (Lipinski definition) is 3. The Balaban J connectivity index is 1.83. The first-order valence-corrected chi connectivity index (χ1v) is 7.16. The Morgan fingerprint density at radius 2 is 2.25 bits per heavy atom. The first kappa shape index (κ1) is 13.1. The number of aromatic nitrogens is 2. The summed E-state index contributed by atoms with van der Waals surface area (Å²) in [6, 6.07) is 9.92. The Morgan fingerprint density at radius 1 is 1.40 bits per heavy atom. The molecular weight excluding hydrogens is 250 g/mol. The highest BCUT2D eigenvalue weighted by molar-refractivity contribution is 5.43. The van der Waals surface area contributed by atoms with Crippen LogP contribution >= 0.6 is 0 Å². The summed E-state index contributed by atoms with van der Waals surface area (Å²) in [5.74, 6) is 1.04. The van der Waals surface area contributed by atoms with Crippen LogP contribution in [-0.2, 0) is 13.0 Å². The van der Waals surface area contributed by atoms with Crippen molar-refractivity contribution >= 4 is 0 Å². The molecular formula is C16H19N3O. The highest BCUT2D eigenvalue weighted by Crippen LogP contribution is 2.37. The first-order chi connectivity index (χ1) is 9.78. The van der Waals surface area contributed by atoms with Gasteiger partial charge in [0.05, 0.1) is 5.69 Å². The molecule has 2 aromatic rings. The van der Waals surface area contributed by atoms with Crippen molar-refractivity contribution in [1.29, 1.82) is 0 Å². The highest BCUT2D eigenvalue weighted by atomic mass is 16.1. The normalized spacial score (nSPS) is 16.6. The maximum absolute atomic E-state index is 11.8. The number of nitrogens with zero attached hydrogens (tertiary/aromatic N) is 1. The number of fused-ring (bicyclic) bond motifs is 1. The van der Waals surface area contributed by atoms with Gasteiger partial charge in [-0.3, -0.25) is 4.79 Å². The van der Waals surface area contributed by atoms with Crippen molar-refractivity contribution in [1.82, 2.24) is 15.3 Å². The molecule has 1 unspecified atom stereocenters. The third-order valence-corrected chi connectivity index (χ3v) is 3.73. The summed E-state index contributed by atoms with van der Waals surface area (Å²) in [6.45, 7) is 3.71. The van der Waals surface area contributed by atoms with Crippen molar-refractivity contribution in [3.8, 4) is 0 Å². The molecule has 0 amide bonds. The number of nitrogens with one attached hydrogen (secondary N) is 2. The van der Waals surface area contributed by atoms with Gasteiger partial charge in [0.1, 0.15) is 5.82 Å². The SMILES string of the molecule is CCCNCc1cc(=O)[nH]c(C2Cc3ccccc32)n1. The fourth-order valence-electron chi connectivity index (χ4n) is 2.68. The molecule has 1 aromatic carbocycles. The van der Waals surface area contributed by atoms with Crippen molar-refractivity contribution in [2.75, 3.05) is 6.54 Å². The van der Waals surface area contributed by atoms with E-state index in [2.05, 4.69) is 40.4 Å². The first-order valence-electron chi connectivity index (χ1n) is 7.16. The minimum Gasteiger partial charge on any atom is -0.311 e. The van der Waals surface area contributed by atoms with Crippen LogP contribution < -0.4 is 10.9 Å². The van der Waals surface area contributed by atoms with Crippen molar-refractivity contribution < 1.29 is 0 Å². The van der Waals surface area contributed by atoms with Gasteiger partial charge in [0.25, 0.3) is 5.56 Å². The van der Waals surface area contributed by atoms with E-state index in [-0.39, 0.29) is 11.5 Å². The van der Waals surface area contributed by atoms with Crippen LogP contribution in [0.15, 0.2) is 35.1 Å². The van der Waals surface area contributed by atoms with Gasteiger partial charge in [0.15, 0.2) is 0 Å². The van der Waals surface area contributed by atoms with Gasteiger partial charge in [-0.1, -0.05) is 31.2 Å². The van der Waals surface area contributed by atoms with Crippen molar-refractivity contribution in [2.45, 2.75) is 32.2 Å². The zero-order valence-corrected chi connectivity index (χ0v) is 11.6. The summed E-state index contributed by atoms with van der Waals surface area (Å²) >= 11 is 0. The van der Waals surface area contributed by atoms with Crippen molar-refractivity contribution in [3.63, 3.8) is 0 Å². The van der Waals surface area contributed by atoms with Gasteiger partial charge >= 0.3 is 0 Å². The molecule has 0 bridgehead atoms. The number of aromatic amines is 1. The van der Waals surface area contributed by atoms with Crippen LogP contribution in [0.5, 0.6) is 0 Å². The van der Waals surface area contributed by atoms with Crippen LogP contribution in [0, 0.1) is 0 Å². The molecule has 104 valence electrons. The third kappa shape index (κ3) is 2.51. The third-order valence-electron chi connectivity index (χ3n) is 3.73. The summed E-state index contributed by atoms with van der Waals surface area (Å²) < 4.78 is 0. The average molecular weight is 269 g/mol. The second-order valence-electron chi connectivity index (χ2n) is 5.25. The van der Waals surface area contributed by atoms with Gasteiger partial charge in [-0.05, 0) is 30.5 Å². The molecule has 1 atom stereocenters. The molecule has 0 saturated heterocycles. The molecule has 2 N–H and O–H groups in total. The van der Waals surface area contributed by atoms with E-state index in [1.54, 1.807) is 6.07 Å². The van der Waals surface area contributed by atoms with E-state index in [9.17, 15) is 4.79 Å². The average Bonchev–Trinajstić information content (AvgIpc) is 2.40. The molecule has 3 rings (SSSR count). The Bertz CT molecular complexity index is 663. The van der Waals surface area contributed by atoms with E-state index in [1.165, 1.54) is 11.1 Å². The summed E-state index contributed by atoms with van der Waals surface area (Å²) in [6.07, 6.45) is 2.04. The minimum absolute atomic E-state index is 0.0623. The molecule has 0 aliphatic heterocycles. The second-order valence-corrected chi connectivity index (χ2v) is 5.25.